The second-order valence-electron chi connectivity index (χ2n) is 9.08. The molecule has 3 aromatic heterocycles. The lowest BCUT2D eigenvalue weighted by molar-refractivity contribution is -0.0859. The van der Waals surface area contributed by atoms with Crippen LogP contribution in [0.3, 0.4) is 0 Å². The van der Waals surface area contributed by atoms with E-state index >= 15 is 0 Å². The van der Waals surface area contributed by atoms with E-state index in [9.17, 15) is 4.79 Å². The number of carbonyl (C=O) groups excluding carboxylic acids is 1. The molecule has 3 fully saturated rings. The van der Waals surface area contributed by atoms with Crippen LogP contribution in [0.4, 0.5) is 11.6 Å². The Morgan fingerprint density at radius 1 is 1.21 bits per heavy atom. The van der Waals surface area contributed by atoms with Crippen molar-refractivity contribution in [3.8, 4) is 5.75 Å². The second kappa shape index (κ2) is 7.30. The minimum absolute atomic E-state index is 0.0804. The van der Waals surface area contributed by atoms with E-state index in [1.54, 1.807) is 25.6 Å². The summed E-state index contributed by atoms with van der Waals surface area (Å²) >= 11 is 0. The van der Waals surface area contributed by atoms with Gasteiger partial charge in [-0.1, -0.05) is 12.1 Å². The fraction of sp³-hybridized carbons (Fsp3) is 0.280. The number of fused-ring (bicyclic) bond motifs is 1. The van der Waals surface area contributed by atoms with Gasteiger partial charge in [-0.3, -0.25) is 9.78 Å². The van der Waals surface area contributed by atoms with E-state index in [0.717, 1.165) is 47.5 Å². The number of nitrogens with one attached hydrogen (secondary N) is 1. The van der Waals surface area contributed by atoms with Crippen LogP contribution in [0.2, 0.25) is 0 Å². The number of benzene rings is 1. The zero-order valence-electron chi connectivity index (χ0n) is 18.3. The fourth-order valence-corrected chi connectivity index (χ4v) is 5.02. The van der Waals surface area contributed by atoms with Crippen LogP contribution in [-0.2, 0) is 12.1 Å². The molecule has 8 nitrogen and oxygen atoms in total. The number of hydrogen-bond donors (Lipinski definition) is 2. The maximum Gasteiger partial charge on any atom is 0.224 e. The molecular weight excluding hydrogens is 416 g/mol. The Morgan fingerprint density at radius 3 is 2.67 bits per heavy atom. The zero-order chi connectivity index (χ0) is 22.6. The van der Waals surface area contributed by atoms with Gasteiger partial charge in [0.15, 0.2) is 5.78 Å². The highest BCUT2D eigenvalue weighted by Crippen LogP contribution is 2.63. The van der Waals surface area contributed by atoms with Gasteiger partial charge < -0.3 is 20.4 Å². The number of ketones is 1. The molecule has 3 heterocycles. The van der Waals surface area contributed by atoms with Gasteiger partial charge in [-0.15, -0.1) is 0 Å². The van der Waals surface area contributed by atoms with E-state index < -0.39 is 0 Å². The van der Waals surface area contributed by atoms with Crippen molar-refractivity contribution in [1.29, 1.82) is 0 Å². The van der Waals surface area contributed by atoms with Crippen LogP contribution in [0.25, 0.3) is 11.0 Å². The van der Waals surface area contributed by atoms with Crippen LogP contribution < -0.4 is 15.8 Å². The summed E-state index contributed by atoms with van der Waals surface area (Å²) in [7, 11) is 1.65. The van der Waals surface area contributed by atoms with Crippen molar-refractivity contribution in [3.63, 3.8) is 0 Å². The number of nitrogen functional groups attached to an aromatic ring is 1. The van der Waals surface area contributed by atoms with Crippen molar-refractivity contribution in [2.75, 3.05) is 18.2 Å². The van der Waals surface area contributed by atoms with E-state index in [4.69, 9.17) is 15.5 Å². The van der Waals surface area contributed by atoms with Crippen molar-refractivity contribution >= 4 is 28.5 Å². The van der Waals surface area contributed by atoms with E-state index in [1.807, 2.05) is 30.5 Å². The summed E-state index contributed by atoms with van der Waals surface area (Å²) in [6, 6.07) is 9.53. The molecule has 8 heteroatoms. The van der Waals surface area contributed by atoms with Gasteiger partial charge in [0.1, 0.15) is 11.4 Å². The third-order valence-corrected chi connectivity index (χ3v) is 6.94. The Balaban J connectivity index is 1.35. The number of methoxy groups -OCH3 is 1. The second-order valence-corrected chi connectivity index (χ2v) is 9.08. The Labute approximate surface area is 190 Å². The van der Waals surface area contributed by atoms with Crippen LogP contribution in [0.15, 0.2) is 55.1 Å². The molecule has 0 spiro atoms. The number of pyridine rings is 1. The van der Waals surface area contributed by atoms with Crippen molar-refractivity contribution in [1.82, 2.24) is 19.5 Å². The first kappa shape index (κ1) is 19.7. The van der Waals surface area contributed by atoms with Gasteiger partial charge in [-0.25, -0.2) is 4.98 Å². The SMILES string of the molecule is COc1ccc(CNc2ncc3c(C(=O)c4cncc(N)c4)cn(C45CC(C4)C5)c3n2)cc1. The van der Waals surface area contributed by atoms with Crippen molar-refractivity contribution in [2.24, 2.45) is 5.92 Å². The molecule has 0 unspecified atom stereocenters. The predicted octanol–water partition coefficient (Wildman–Crippen LogP) is 3.77. The molecule has 1 aromatic carbocycles. The molecule has 3 saturated carbocycles. The third kappa shape index (κ3) is 3.21. The standard InChI is InChI=1S/C25H24N6O2/c1-33-19-4-2-15(3-5-19)10-28-24-29-13-20-21(22(32)17-6-18(26)12-27-11-17)14-31(23(20)30-24)25-7-16(8-25)9-25/h2-6,11-14,16H,7-10,26H2,1H3,(H,28,29,30). The van der Waals surface area contributed by atoms with Gasteiger partial charge in [0, 0.05) is 47.8 Å². The minimum atomic E-state index is -0.118. The number of nitrogens with two attached hydrogens (primary N) is 1. The van der Waals surface area contributed by atoms with Gasteiger partial charge in [0.05, 0.1) is 18.4 Å². The molecule has 3 aliphatic rings. The lowest BCUT2D eigenvalue weighted by atomic mass is 9.49. The molecule has 33 heavy (non-hydrogen) atoms. The Hall–Kier alpha value is -3.94. The number of aromatic nitrogens is 4. The Morgan fingerprint density at radius 2 is 2.00 bits per heavy atom. The quantitative estimate of drug-likeness (QED) is 0.421. The third-order valence-electron chi connectivity index (χ3n) is 6.94. The van der Waals surface area contributed by atoms with Crippen LogP contribution >= 0.6 is 0 Å². The van der Waals surface area contributed by atoms with Crippen molar-refractivity contribution < 1.29 is 9.53 Å². The molecule has 0 saturated heterocycles. The smallest absolute Gasteiger partial charge is 0.224 e. The fourth-order valence-electron chi connectivity index (χ4n) is 5.02. The molecular formula is C25H24N6O2. The predicted molar refractivity (Wildman–Crippen MR) is 125 cm³/mol. The molecule has 0 radical (unpaired) electrons. The summed E-state index contributed by atoms with van der Waals surface area (Å²) in [4.78, 5) is 26.8. The number of carbonyl (C=O) groups is 1. The topological polar surface area (TPSA) is 108 Å². The summed E-state index contributed by atoms with van der Waals surface area (Å²) in [5.74, 6) is 2.04. The molecule has 3 aliphatic carbocycles. The lowest BCUT2D eigenvalue weighted by Gasteiger charge is -2.62. The molecule has 7 rings (SSSR count). The highest BCUT2D eigenvalue weighted by Gasteiger charge is 2.58. The van der Waals surface area contributed by atoms with E-state index in [0.29, 0.717) is 29.3 Å². The highest BCUT2D eigenvalue weighted by atomic mass is 16.5. The summed E-state index contributed by atoms with van der Waals surface area (Å²) < 4.78 is 7.42. The first-order valence-corrected chi connectivity index (χ1v) is 11.1. The summed E-state index contributed by atoms with van der Waals surface area (Å²) in [6.45, 7) is 0.587. The molecule has 4 aromatic rings. The van der Waals surface area contributed by atoms with E-state index in [1.165, 1.54) is 6.20 Å². The maximum atomic E-state index is 13.3. The van der Waals surface area contributed by atoms with Crippen LogP contribution in [0, 0.1) is 5.92 Å². The molecule has 0 amide bonds. The number of hydrogen-bond acceptors (Lipinski definition) is 7. The average molecular weight is 441 g/mol. The first-order chi connectivity index (χ1) is 16.0. The van der Waals surface area contributed by atoms with Gasteiger partial charge in [0.25, 0.3) is 0 Å². The van der Waals surface area contributed by atoms with Crippen molar-refractivity contribution in [2.45, 2.75) is 31.3 Å². The van der Waals surface area contributed by atoms with Gasteiger partial charge >= 0.3 is 0 Å². The maximum absolute atomic E-state index is 13.3. The molecule has 0 aliphatic heterocycles. The van der Waals surface area contributed by atoms with Crippen LogP contribution in [0.1, 0.15) is 40.7 Å². The monoisotopic (exact) mass is 440 g/mol. The molecule has 3 N–H and O–H groups in total. The Bertz CT molecular complexity index is 1360. The number of rotatable bonds is 7. The highest BCUT2D eigenvalue weighted by molar-refractivity contribution is 6.16. The van der Waals surface area contributed by atoms with E-state index in [-0.39, 0.29) is 11.3 Å². The van der Waals surface area contributed by atoms with Crippen LogP contribution in [0.5, 0.6) is 5.75 Å². The zero-order valence-corrected chi connectivity index (χ0v) is 18.3. The van der Waals surface area contributed by atoms with Gasteiger partial charge in [-0.2, -0.15) is 4.98 Å². The minimum Gasteiger partial charge on any atom is -0.497 e. The summed E-state index contributed by atoms with van der Waals surface area (Å²) in [6.07, 6.45) is 10.2. The van der Waals surface area contributed by atoms with Crippen LogP contribution in [-0.4, -0.2) is 32.4 Å². The molecule has 0 atom stereocenters. The molecule has 2 bridgehead atoms. The summed E-state index contributed by atoms with van der Waals surface area (Å²) in [5.41, 5.74) is 9.34. The first-order valence-electron chi connectivity index (χ1n) is 11.1. The van der Waals surface area contributed by atoms with Gasteiger partial charge in [0.2, 0.25) is 5.95 Å². The molecule has 166 valence electrons. The summed E-state index contributed by atoms with van der Waals surface area (Å²) in [5, 5.41) is 4.06. The number of nitrogens with zero attached hydrogens (tertiary/aromatic N) is 4. The van der Waals surface area contributed by atoms with Gasteiger partial charge in [-0.05, 0) is 48.9 Å². The number of anilines is 2. The average Bonchev–Trinajstić information content (AvgIpc) is 3.14. The van der Waals surface area contributed by atoms with Crippen molar-refractivity contribution in [3.05, 3.63) is 71.8 Å². The largest absolute Gasteiger partial charge is 0.497 e. The number of ether oxygens (including phenoxy) is 1. The Kier molecular flexibility index (Phi) is 4.36. The normalized spacial score (nSPS) is 20.7. The lowest BCUT2D eigenvalue weighted by Crippen LogP contribution is -2.59. The van der Waals surface area contributed by atoms with E-state index in [2.05, 4.69) is 19.9 Å².